The zero-order chi connectivity index (χ0) is 12.8. The van der Waals surface area contributed by atoms with Crippen LogP contribution >= 0.6 is 11.3 Å². The van der Waals surface area contributed by atoms with E-state index >= 15 is 0 Å². The third-order valence-electron chi connectivity index (χ3n) is 2.29. The highest BCUT2D eigenvalue weighted by molar-refractivity contribution is 7.13. The summed E-state index contributed by atoms with van der Waals surface area (Å²) >= 11 is 1.66. The number of nitrogens with zero attached hydrogens (tertiary/aromatic N) is 2. The highest BCUT2D eigenvalue weighted by Crippen LogP contribution is 2.14. The molecule has 4 nitrogen and oxygen atoms in total. The Morgan fingerprint density at radius 2 is 2.33 bits per heavy atom. The molecule has 0 atom stereocenters. The van der Waals surface area contributed by atoms with Crippen molar-refractivity contribution in [1.82, 2.24) is 10.4 Å². The van der Waals surface area contributed by atoms with E-state index < -0.39 is 0 Å². The summed E-state index contributed by atoms with van der Waals surface area (Å²) in [5.41, 5.74) is 2.81. The molecule has 1 N–H and O–H groups in total. The van der Waals surface area contributed by atoms with E-state index in [0.717, 1.165) is 11.3 Å². The smallest absolute Gasteiger partial charge is 0.266 e. The molecule has 18 heavy (non-hydrogen) atoms. The van der Waals surface area contributed by atoms with E-state index in [1.54, 1.807) is 41.9 Å². The van der Waals surface area contributed by atoms with E-state index in [4.69, 9.17) is 0 Å². The highest BCUT2D eigenvalue weighted by atomic mass is 32.1. The lowest BCUT2D eigenvalue weighted by atomic mass is 10.3. The fraction of sp³-hybridized carbons (Fsp3) is 0.154. The molecule has 0 aliphatic rings. The average molecular weight is 259 g/mol. The first-order valence-electron chi connectivity index (χ1n) is 5.62. The van der Waals surface area contributed by atoms with Crippen molar-refractivity contribution in [2.45, 2.75) is 13.3 Å². The summed E-state index contributed by atoms with van der Waals surface area (Å²) in [4.78, 5) is 17.9. The maximum absolute atomic E-state index is 11.6. The van der Waals surface area contributed by atoms with E-state index in [0.29, 0.717) is 5.69 Å². The number of aromatic nitrogens is 1. The Balaban J connectivity index is 1.93. The molecule has 0 aromatic carbocycles. The van der Waals surface area contributed by atoms with Crippen LogP contribution in [0.4, 0.5) is 0 Å². The Morgan fingerprint density at radius 1 is 1.44 bits per heavy atom. The number of carbonyl (C=O) groups excluding carboxylic acids is 1. The van der Waals surface area contributed by atoms with Gasteiger partial charge in [0.2, 0.25) is 0 Å². The van der Waals surface area contributed by atoms with Crippen LogP contribution in [0.3, 0.4) is 0 Å². The van der Waals surface area contributed by atoms with Gasteiger partial charge in [0, 0.05) is 16.0 Å². The van der Waals surface area contributed by atoms with Gasteiger partial charge in [-0.05, 0) is 30.7 Å². The lowest BCUT2D eigenvalue weighted by molar-refractivity contribution is 0.0950. The number of aryl methyl sites for hydroxylation is 1. The summed E-state index contributed by atoms with van der Waals surface area (Å²) < 4.78 is 0. The minimum Gasteiger partial charge on any atom is -0.266 e. The van der Waals surface area contributed by atoms with Gasteiger partial charge < -0.3 is 0 Å². The minimum atomic E-state index is -0.306. The fourth-order valence-corrected chi connectivity index (χ4v) is 2.19. The number of amides is 1. The molecular formula is C13H13N3OS. The van der Waals surface area contributed by atoms with Crippen LogP contribution in [0.2, 0.25) is 0 Å². The molecule has 0 fully saturated rings. The van der Waals surface area contributed by atoms with Crippen LogP contribution < -0.4 is 5.43 Å². The van der Waals surface area contributed by atoms with Crippen LogP contribution in [-0.2, 0) is 6.42 Å². The van der Waals surface area contributed by atoms with Crippen molar-refractivity contribution in [2.75, 3.05) is 0 Å². The Morgan fingerprint density at radius 3 is 3.00 bits per heavy atom. The second-order valence-corrected chi connectivity index (χ2v) is 4.77. The molecule has 2 aromatic heterocycles. The second-order valence-electron chi connectivity index (χ2n) is 3.57. The van der Waals surface area contributed by atoms with Gasteiger partial charge in [-0.15, -0.1) is 11.3 Å². The molecule has 0 aliphatic carbocycles. The van der Waals surface area contributed by atoms with Crippen LogP contribution in [0.15, 0.2) is 41.6 Å². The second kappa shape index (κ2) is 6.07. The molecule has 2 heterocycles. The van der Waals surface area contributed by atoms with Gasteiger partial charge in [0.1, 0.15) is 5.69 Å². The summed E-state index contributed by atoms with van der Waals surface area (Å²) in [6, 6.07) is 9.22. The predicted octanol–water partition coefficient (Wildman–Crippen LogP) is 2.47. The van der Waals surface area contributed by atoms with Gasteiger partial charge in [0.25, 0.3) is 5.91 Å². The molecule has 2 aromatic rings. The number of carbonyl (C=O) groups is 1. The van der Waals surface area contributed by atoms with Crippen molar-refractivity contribution < 1.29 is 4.79 Å². The maximum Gasteiger partial charge on any atom is 0.289 e. The van der Waals surface area contributed by atoms with Crippen molar-refractivity contribution in [3.63, 3.8) is 0 Å². The Hall–Kier alpha value is -2.01. The van der Waals surface area contributed by atoms with Crippen LogP contribution in [0.25, 0.3) is 0 Å². The molecule has 0 aliphatic heterocycles. The largest absolute Gasteiger partial charge is 0.289 e. The first kappa shape index (κ1) is 12.4. The number of pyridine rings is 1. The quantitative estimate of drug-likeness (QED) is 0.677. The van der Waals surface area contributed by atoms with Crippen molar-refractivity contribution in [2.24, 2.45) is 5.10 Å². The van der Waals surface area contributed by atoms with E-state index in [1.807, 2.05) is 6.07 Å². The maximum atomic E-state index is 11.6. The summed E-state index contributed by atoms with van der Waals surface area (Å²) in [6.45, 7) is 2.11. The number of nitrogens with one attached hydrogen (secondary N) is 1. The minimum absolute atomic E-state index is 0.306. The Kier molecular flexibility index (Phi) is 4.20. The SMILES string of the molecule is CCc1ccc(C=NNC(=O)c2ccccn2)s1. The molecule has 0 spiro atoms. The molecule has 0 saturated heterocycles. The first-order chi connectivity index (χ1) is 8.79. The van der Waals surface area contributed by atoms with Crippen LogP contribution in [-0.4, -0.2) is 17.1 Å². The molecule has 1 amide bonds. The number of rotatable bonds is 4. The highest BCUT2D eigenvalue weighted by Gasteiger charge is 2.03. The average Bonchev–Trinajstić information content (AvgIpc) is 2.87. The molecule has 0 unspecified atom stereocenters. The summed E-state index contributed by atoms with van der Waals surface area (Å²) in [5.74, 6) is -0.306. The predicted molar refractivity (Wildman–Crippen MR) is 73.0 cm³/mol. The van der Waals surface area contributed by atoms with Gasteiger partial charge in [0.15, 0.2) is 0 Å². The van der Waals surface area contributed by atoms with E-state index in [-0.39, 0.29) is 5.91 Å². The van der Waals surface area contributed by atoms with Crippen molar-refractivity contribution in [3.05, 3.63) is 52.0 Å². The van der Waals surface area contributed by atoms with Gasteiger partial charge in [-0.2, -0.15) is 5.10 Å². The third-order valence-corrected chi connectivity index (χ3v) is 3.45. The molecule has 2 rings (SSSR count). The number of thiophene rings is 1. The normalized spacial score (nSPS) is 10.7. The van der Waals surface area contributed by atoms with Gasteiger partial charge >= 0.3 is 0 Å². The molecule has 92 valence electrons. The standard InChI is InChI=1S/C13H13N3OS/c1-2-10-6-7-11(18-10)9-15-16-13(17)12-5-3-4-8-14-12/h3-9H,2H2,1H3,(H,16,17). The monoisotopic (exact) mass is 259 g/mol. The fourth-order valence-electron chi connectivity index (χ4n) is 1.36. The van der Waals surface area contributed by atoms with E-state index in [2.05, 4.69) is 28.5 Å². The lowest BCUT2D eigenvalue weighted by Crippen LogP contribution is -2.18. The van der Waals surface area contributed by atoms with Crippen molar-refractivity contribution in [1.29, 1.82) is 0 Å². The van der Waals surface area contributed by atoms with E-state index in [1.165, 1.54) is 4.88 Å². The topological polar surface area (TPSA) is 54.4 Å². The Bertz CT molecular complexity index is 548. The van der Waals surface area contributed by atoms with Gasteiger partial charge in [0.05, 0.1) is 6.21 Å². The number of hydrazone groups is 1. The van der Waals surface area contributed by atoms with Crippen LogP contribution in [0.1, 0.15) is 27.2 Å². The number of hydrogen-bond donors (Lipinski definition) is 1. The zero-order valence-corrected chi connectivity index (χ0v) is 10.8. The summed E-state index contributed by atoms with van der Waals surface area (Å²) in [7, 11) is 0. The van der Waals surface area contributed by atoms with Gasteiger partial charge in [-0.3, -0.25) is 9.78 Å². The molecule has 0 radical (unpaired) electrons. The molecule has 0 bridgehead atoms. The van der Waals surface area contributed by atoms with Crippen LogP contribution in [0, 0.1) is 0 Å². The van der Waals surface area contributed by atoms with Crippen LogP contribution in [0.5, 0.6) is 0 Å². The molecule has 5 heteroatoms. The molecule has 0 saturated carbocycles. The number of hydrogen-bond acceptors (Lipinski definition) is 4. The summed E-state index contributed by atoms with van der Waals surface area (Å²) in [5, 5.41) is 3.91. The third kappa shape index (κ3) is 3.24. The van der Waals surface area contributed by atoms with Crippen molar-refractivity contribution in [3.8, 4) is 0 Å². The lowest BCUT2D eigenvalue weighted by Gasteiger charge is -1.96. The molecular weight excluding hydrogens is 246 g/mol. The van der Waals surface area contributed by atoms with Gasteiger partial charge in [-0.25, -0.2) is 5.43 Å². The van der Waals surface area contributed by atoms with Gasteiger partial charge in [-0.1, -0.05) is 13.0 Å². The van der Waals surface area contributed by atoms with E-state index in [9.17, 15) is 4.79 Å². The zero-order valence-electron chi connectivity index (χ0n) is 9.96. The first-order valence-corrected chi connectivity index (χ1v) is 6.44. The Labute approximate surface area is 109 Å². The van der Waals surface area contributed by atoms with Crippen molar-refractivity contribution >= 4 is 23.5 Å². The summed E-state index contributed by atoms with van der Waals surface area (Å²) in [6.07, 6.45) is 4.23.